The van der Waals surface area contributed by atoms with E-state index in [-0.39, 0.29) is 0 Å². The normalized spacial score (nSPS) is 12.4. The molecule has 0 N–H and O–H groups in total. The summed E-state index contributed by atoms with van der Waals surface area (Å²) in [5, 5.41) is 0. The van der Waals surface area contributed by atoms with E-state index in [1.54, 1.807) is 0 Å². The van der Waals surface area contributed by atoms with Crippen molar-refractivity contribution in [2.75, 3.05) is 0 Å². The van der Waals surface area contributed by atoms with Crippen molar-refractivity contribution in [1.82, 2.24) is 9.55 Å². The highest BCUT2D eigenvalue weighted by atomic mass is 15.1. The maximum absolute atomic E-state index is 4.35. The molecule has 1 aromatic heterocycles. The van der Waals surface area contributed by atoms with Crippen molar-refractivity contribution in [2.24, 2.45) is 5.92 Å². The molecular formula is C25H32N2. The summed E-state index contributed by atoms with van der Waals surface area (Å²) < 4.78 is 2.35. The molecular weight excluding hydrogens is 328 g/mol. The Morgan fingerprint density at radius 3 is 1.96 bits per heavy atom. The molecule has 0 saturated carbocycles. The molecule has 0 aliphatic heterocycles. The van der Waals surface area contributed by atoms with Gasteiger partial charge in [0, 0.05) is 18.4 Å². The Balaban J connectivity index is 1.81. The van der Waals surface area contributed by atoms with Gasteiger partial charge in [0.2, 0.25) is 0 Å². The summed E-state index contributed by atoms with van der Waals surface area (Å²) in [6.45, 7) is 2.28. The van der Waals surface area contributed by atoms with Crippen LogP contribution in [0.4, 0.5) is 0 Å². The van der Waals surface area contributed by atoms with Gasteiger partial charge in [0.15, 0.2) is 0 Å². The largest absolute Gasteiger partial charge is 0.334 e. The van der Waals surface area contributed by atoms with Gasteiger partial charge in [-0.1, -0.05) is 93.3 Å². The number of hydrogen-bond donors (Lipinski definition) is 0. The lowest BCUT2D eigenvalue weighted by Crippen LogP contribution is -2.23. The third-order valence-electron chi connectivity index (χ3n) is 5.49. The minimum atomic E-state index is 0.491. The molecule has 0 fully saturated rings. The first-order chi connectivity index (χ1) is 13.4. The minimum absolute atomic E-state index is 0.491. The SMILES string of the molecule is CCCCCCC(C(Cc1ccccc1)Cc1ccccc1)n1ccnc1. The van der Waals surface area contributed by atoms with Gasteiger partial charge in [-0.15, -0.1) is 0 Å². The van der Waals surface area contributed by atoms with Gasteiger partial charge in [0.05, 0.1) is 6.33 Å². The summed E-state index contributed by atoms with van der Waals surface area (Å²) in [6, 6.07) is 22.4. The smallest absolute Gasteiger partial charge is 0.0948 e. The van der Waals surface area contributed by atoms with Gasteiger partial charge in [-0.3, -0.25) is 0 Å². The molecule has 142 valence electrons. The number of rotatable bonds is 11. The molecule has 27 heavy (non-hydrogen) atoms. The van der Waals surface area contributed by atoms with Crippen molar-refractivity contribution in [3.63, 3.8) is 0 Å². The first-order valence-corrected chi connectivity index (χ1v) is 10.4. The molecule has 3 aromatic rings. The fourth-order valence-corrected chi connectivity index (χ4v) is 4.05. The quantitative estimate of drug-likeness (QED) is 0.357. The van der Waals surface area contributed by atoms with Crippen molar-refractivity contribution in [2.45, 2.75) is 57.9 Å². The van der Waals surface area contributed by atoms with Crippen molar-refractivity contribution in [3.05, 3.63) is 90.5 Å². The van der Waals surface area contributed by atoms with Gasteiger partial charge in [0.1, 0.15) is 0 Å². The van der Waals surface area contributed by atoms with Crippen LogP contribution < -0.4 is 0 Å². The van der Waals surface area contributed by atoms with Gasteiger partial charge >= 0.3 is 0 Å². The zero-order chi connectivity index (χ0) is 18.7. The summed E-state index contributed by atoms with van der Waals surface area (Å²) in [5.41, 5.74) is 2.86. The molecule has 0 saturated heterocycles. The maximum Gasteiger partial charge on any atom is 0.0948 e. The molecule has 1 atom stereocenters. The fourth-order valence-electron chi connectivity index (χ4n) is 4.05. The summed E-state index contributed by atoms with van der Waals surface area (Å²) in [7, 11) is 0. The molecule has 1 unspecified atom stereocenters. The third-order valence-corrected chi connectivity index (χ3v) is 5.49. The molecule has 2 heteroatoms. The van der Waals surface area contributed by atoms with E-state index in [0.29, 0.717) is 12.0 Å². The van der Waals surface area contributed by atoms with Crippen LogP contribution in [0.1, 0.15) is 56.2 Å². The molecule has 2 nitrogen and oxygen atoms in total. The zero-order valence-electron chi connectivity index (χ0n) is 16.5. The van der Waals surface area contributed by atoms with Crippen LogP contribution in [0.5, 0.6) is 0 Å². The standard InChI is InChI=1S/C25H32N2/c1-2-3-4-11-16-25(27-18-17-26-21-27)24(19-22-12-7-5-8-13-22)20-23-14-9-6-10-15-23/h5-10,12-15,17-18,21,24-25H,2-4,11,16,19-20H2,1H3. The maximum atomic E-state index is 4.35. The number of aromatic nitrogens is 2. The van der Waals surface area contributed by atoms with E-state index in [0.717, 1.165) is 12.8 Å². The fraction of sp³-hybridized carbons (Fsp3) is 0.400. The average molecular weight is 361 g/mol. The van der Waals surface area contributed by atoms with Crippen molar-refractivity contribution < 1.29 is 0 Å². The molecule has 0 aliphatic carbocycles. The van der Waals surface area contributed by atoms with E-state index in [1.807, 2.05) is 12.5 Å². The Hall–Kier alpha value is -2.35. The number of unbranched alkanes of at least 4 members (excludes halogenated alkanes) is 3. The van der Waals surface area contributed by atoms with Gasteiger partial charge in [-0.2, -0.15) is 0 Å². The van der Waals surface area contributed by atoms with E-state index < -0.39 is 0 Å². The van der Waals surface area contributed by atoms with Crippen LogP contribution in [-0.4, -0.2) is 9.55 Å². The topological polar surface area (TPSA) is 17.8 Å². The highest BCUT2D eigenvalue weighted by Crippen LogP contribution is 2.31. The van der Waals surface area contributed by atoms with E-state index in [9.17, 15) is 0 Å². The highest BCUT2D eigenvalue weighted by molar-refractivity contribution is 5.19. The van der Waals surface area contributed by atoms with Crippen LogP contribution in [-0.2, 0) is 12.8 Å². The molecule has 0 radical (unpaired) electrons. The van der Waals surface area contributed by atoms with Crippen LogP contribution in [0, 0.1) is 5.92 Å². The van der Waals surface area contributed by atoms with Crippen LogP contribution in [0.3, 0.4) is 0 Å². The second kappa shape index (κ2) is 10.7. The Kier molecular flexibility index (Phi) is 7.70. The van der Waals surface area contributed by atoms with Gasteiger partial charge in [-0.25, -0.2) is 4.98 Å². The molecule has 3 rings (SSSR count). The van der Waals surface area contributed by atoms with Crippen molar-refractivity contribution in [1.29, 1.82) is 0 Å². The van der Waals surface area contributed by atoms with Gasteiger partial charge in [-0.05, 0) is 36.3 Å². The number of nitrogens with zero attached hydrogens (tertiary/aromatic N) is 2. The lowest BCUT2D eigenvalue weighted by Gasteiger charge is -2.29. The Morgan fingerprint density at radius 2 is 1.44 bits per heavy atom. The van der Waals surface area contributed by atoms with E-state index in [2.05, 4.69) is 83.3 Å². The van der Waals surface area contributed by atoms with Crippen LogP contribution in [0.2, 0.25) is 0 Å². The molecule has 0 bridgehead atoms. The van der Waals surface area contributed by atoms with E-state index in [1.165, 1.54) is 43.2 Å². The second-order valence-electron chi connectivity index (χ2n) is 7.57. The lowest BCUT2D eigenvalue weighted by atomic mass is 9.84. The number of benzene rings is 2. The van der Waals surface area contributed by atoms with Crippen LogP contribution >= 0.6 is 0 Å². The predicted octanol–water partition coefficient (Wildman–Crippen LogP) is 6.50. The van der Waals surface area contributed by atoms with E-state index >= 15 is 0 Å². The molecule has 0 spiro atoms. The molecule has 0 aliphatic rings. The summed E-state index contributed by atoms with van der Waals surface area (Å²) in [6.07, 6.45) is 14.7. The molecule has 2 aromatic carbocycles. The zero-order valence-corrected chi connectivity index (χ0v) is 16.5. The lowest BCUT2D eigenvalue weighted by molar-refractivity contribution is 0.296. The Bertz CT molecular complexity index is 693. The Labute approximate surface area is 164 Å². The van der Waals surface area contributed by atoms with Crippen LogP contribution in [0.15, 0.2) is 79.4 Å². The van der Waals surface area contributed by atoms with E-state index in [4.69, 9.17) is 0 Å². The minimum Gasteiger partial charge on any atom is -0.334 e. The number of hydrogen-bond acceptors (Lipinski definition) is 1. The predicted molar refractivity (Wildman–Crippen MR) is 114 cm³/mol. The first kappa shape index (κ1) is 19.4. The third kappa shape index (κ3) is 6.09. The Morgan fingerprint density at radius 1 is 0.815 bits per heavy atom. The van der Waals surface area contributed by atoms with Crippen molar-refractivity contribution >= 4 is 0 Å². The highest BCUT2D eigenvalue weighted by Gasteiger charge is 2.23. The summed E-state index contributed by atoms with van der Waals surface area (Å²) in [5.74, 6) is 0.561. The number of imidazole rings is 1. The first-order valence-electron chi connectivity index (χ1n) is 10.4. The average Bonchev–Trinajstić information content (AvgIpc) is 3.24. The second-order valence-corrected chi connectivity index (χ2v) is 7.57. The summed E-state index contributed by atoms with van der Waals surface area (Å²) >= 11 is 0. The molecule has 1 heterocycles. The van der Waals surface area contributed by atoms with Gasteiger partial charge in [0.25, 0.3) is 0 Å². The van der Waals surface area contributed by atoms with Gasteiger partial charge < -0.3 is 4.57 Å². The van der Waals surface area contributed by atoms with Crippen molar-refractivity contribution in [3.8, 4) is 0 Å². The molecule has 0 amide bonds. The monoisotopic (exact) mass is 360 g/mol. The summed E-state index contributed by atoms with van der Waals surface area (Å²) in [4.78, 5) is 4.35. The van der Waals surface area contributed by atoms with Crippen LogP contribution in [0.25, 0.3) is 0 Å².